The minimum absolute atomic E-state index is 0.00923. The van der Waals surface area contributed by atoms with Crippen LogP contribution in [0, 0.1) is 13.8 Å². The Labute approximate surface area is 173 Å². The van der Waals surface area contributed by atoms with Gasteiger partial charge in [0.15, 0.2) is 6.61 Å². The third kappa shape index (κ3) is 5.17. The van der Waals surface area contributed by atoms with Crippen LogP contribution in [0.2, 0.25) is 0 Å². The van der Waals surface area contributed by atoms with Crippen molar-refractivity contribution in [3.63, 3.8) is 0 Å². The number of rotatable bonds is 9. The van der Waals surface area contributed by atoms with E-state index in [1.165, 1.54) is 12.8 Å². The second kappa shape index (κ2) is 9.59. The van der Waals surface area contributed by atoms with Crippen LogP contribution in [0.1, 0.15) is 56.1 Å². The van der Waals surface area contributed by atoms with E-state index >= 15 is 0 Å². The summed E-state index contributed by atoms with van der Waals surface area (Å²) in [6.45, 7) is 9.07. The van der Waals surface area contributed by atoms with Gasteiger partial charge in [-0.2, -0.15) is 0 Å². The number of aromatic nitrogens is 2. The molecule has 0 aliphatic heterocycles. The first-order valence-corrected chi connectivity index (χ1v) is 10.4. The van der Waals surface area contributed by atoms with E-state index in [-0.39, 0.29) is 18.6 Å². The van der Waals surface area contributed by atoms with E-state index in [9.17, 15) is 4.79 Å². The molecule has 0 aliphatic carbocycles. The number of imidazole rings is 1. The lowest BCUT2D eigenvalue weighted by Gasteiger charge is -2.17. The molecule has 0 fully saturated rings. The summed E-state index contributed by atoms with van der Waals surface area (Å²) in [6, 6.07) is 13.9. The fourth-order valence-corrected chi connectivity index (χ4v) is 3.53. The summed E-state index contributed by atoms with van der Waals surface area (Å²) in [5, 5.41) is 3.05. The van der Waals surface area contributed by atoms with E-state index in [4.69, 9.17) is 9.72 Å². The lowest BCUT2D eigenvalue weighted by Crippen LogP contribution is -2.32. The third-order valence-electron chi connectivity index (χ3n) is 5.14. The Balaban J connectivity index is 1.70. The van der Waals surface area contributed by atoms with Gasteiger partial charge in [0.2, 0.25) is 0 Å². The second-order valence-electron chi connectivity index (χ2n) is 7.66. The molecule has 0 bridgehead atoms. The molecular weight excluding hydrogens is 362 g/mol. The molecule has 3 rings (SSSR count). The average molecular weight is 394 g/mol. The summed E-state index contributed by atoms with van der Waals surface area (Å²) in [5.41, 5.74) is 4.22. The number of aryl methyl sites for hydroxylation is 3. The Kier molecular flexibility index (Phi) is 6.91. The lowest BCUT2D eigenvalue weighted by atomic mass is 10.1. The molecule has 0 saturated heterocycles. The van der Waals surface area contributed by atoms with Crippen molar-refractivity contribution in [2.45, 2.75) is 59.5 Å². The van der Waals surface area contributed by atoms with Gasteiger partial charge in [0.1, 0.15) is 11.6 Å². The van der Waals surface area contributed by atoms with Crippen LogP contribution >= 0.6 is 0 Å². The maximum Gasteiger partial charge on any atom is 0.258 e. The van der Waals surface area contributed by atoms with E-state index in [0.717, 1.165) is 46.7 Å². The SMILES string of the molecule is CCCCCn1c(C(C)NC(=O)COc2cc(C)ccc2C)nc2ccccc21. The van der Waals surface area contributed by atoms with Crippen LogP contribution in [0.25, 0.3) is 11.0 Å². The van der Waals surface area contributed by atoms with Crippen LogP contribution < -0.4 is 10.1 Å². The predicted molar refractivity (Wildman–Crippen MR) is 117 cm³/mol. The highest BCUT2D eigenvalue weighted by atomic mass is 16.5. The van der Waals surface area contributed by atoms with Gasteiger partial charge in [-0.1, -0.05) is 44.0 Å². The first kappa shape index (κ1) is 20.9. The van der Waals surface area contributed by atoms with Crippen LogP contribution in [0.3, 0.4) is 0 Å². The minimum atomic E-state index is -0.196. The van der Waals surface area contributed by atoms with Gasteiger partial charge in [0.05, 0.1) is 17.1 Å². The minimum Gasteiger partial charge on any atom is -0.483 e. The molecule has 0 aliphatic rings. The monoisotopic (exact) mass is 393 g/mol. The number of ether oxygens (including phenoxy) is 1. The summed E-state index contributed by atoms with van der Waals surface area (Å²) in [7, 11) is 0. The summed E-state index contributed by atoms with van der Waals surface area (Å²) >= 11 is 0. The number of hydrogen-bond donors (Lipinski definition) is 1. The molecule has 1 heterocycles. The maximum atomic E-state index is 12.5. The number of fused-ring (bicyclic) bond motifs is 1. The summed E-state index contributed by atoms with van der Waals surface area (Å²) in [5.74, 6) is 1.49. The van der Waals surface area contributed by atoms with Crippen LogP contribution in [0.15, 0.2) is 42.5 Å². The molecule has 154 valence electrons. The van der Waals surface area contributed by atoms with Gasteiger partial charge < -0.3 is 14.6 Å². The quantitative estimate of drug-likeness (QED) is 0.515. The normalized spacial score (nSPS) is 12.1. The van der Waals surface area contributed by atoms with Crippen LogP contribution in [0.4, 0.5) is 0 Å². The number of hydrogen-bond acceptors (Lipinski definition) is 3. The van der Waals surface area contributed by atoms with Crippen LogP contribution in [-0.2, 0) is 11.3 Å². The molecule has 1 atom stereocenters. The first-order valence-electron chi connectivity index (χ1n) is 10.4. The molecule has 5 nitrogen and oxygen atoms in total. The van der Waals surface area contributed by atoms with Crippen molar-refractivity contribution < 1.29 is 9.53 Å². The number of nitrogens with one attached hydrogen (secondary N) is 1. The highest BCUT2D eigenvalue weighted by Gasteiger charge is 2.18. The van der Waals surface area contributed by atoms with E-state index in [0.29, 0.717) is 0 Å². The molecule has 1 unspecified atom stereocenters. The van der Waals surface area contributed by atoms with Crippen molar-refractivity contribution in [1.29, 1.82) is 0 Å². The number of benzene rings is 2. The number of unbranched alkanes of at least 4 members (excludes halogenated alkanes) is 2. The van der Waals surface area contributed by atoms with Gasteiger partial charge in [-0.15, -0.1) is 0 Å². The van der Waals surface area contributed by atoms with Crippen LogP contribution in [-0.4, -0.2) is 22.1 Å². The molecule has 5 heteroatoms. The smallest absolute Gasteiger partial charge is 0.258 e. The summed E-state index contributed by atoms with van der Waals surface area (Å²) in [6.07, 6.45) is 3.45. The predicted octanol–water partition coefficient (Wildman–Crippen LogP) is 5.10. The standard InChI is InChI=1S/C24H31N3O2/c1-5-6-9-14-27-21-11-8-7-10-20(21)26-24(27)19(4)25-23(28)16-29-22-15-17(2)12-13-18(22)3/h7-8,10-13,15,19H,5-6,9,14,16H2,1-4H3,(H,25,28). The van der Waals surface area contributed by atoms with Gasteiger partial charge >= 0.3 is 0 Å². The number of para-hydroxylation sites is 2. The summed E-state index contributed by atoms with van der Waals surface area (Å²) in [4.78, 5) is 17.3. The van der Waals surface area contributed by atoms with Gasteiger partial charge in [-0.25, -0.2) is 4.98 Å². The molecule has 1 N–H and O–H groups in total. The van der Waals surface area contributed by atoms with Crippen molar-refractivity contribution in [2.24, 2.45) is 0 Å². The fraction of sp³-hybridized carbons (Fsp3) is 0.417. The third-order valence-corrected chi connectivity index (χ3v) is 5.14. The van der Waals surface area contributed by atoms with E-state index in [2.05, 4.69) is 22.9 Å². The largest absolute Gasteiger partial charge is 0.483 e. The Bertz CT molecular complexity index is 977. The average Bonchev–Trinajstić information content (AvgIpc) is 3.08. The molecule has 0 spiro atoms. The Morgan fingerprint density at radius 1 is 1.17 bits per heavy atom. The molecular formula is C24H31N3O2. The number of nitrogens with zero attached hydrogens (tertiary/aromatic N) is 2. The first-order chi connectivity index (χ1) is 14.0. The highest BCUT2D eigenvalue weighted by molar-refractivity contribution is 5.79. The van der Waals surface area contributed by atoms with Crippen molar-refractivity contribution in [2.75, 3.05) is 6.61 Å². The van der Waals surface area contributed by atoms with Crippen molar-refractivity contribution in [1.82, 2.24) is 14.9 Å². The Morgan fingerprint density at radius 3 is 2.76 bits per heavy atom. The molecule has 1 aromatic heterocycles. The van der Waals surface area contributed by atoms with Crippen molar-refractivity contribution in [3.8, 4) is 5.75 Å². The number of amides is 1. The van der Waals surface area contributed by atoms with E-state index < -0.39 is 0 Å². The van der Waals surface area contributed by atoms with E-state index in [1.807, 2.05) is 57.2 Å². The second-order valence-corrected chi connectivity index (χ2v) is 7.66. The van der Waals surface area contributed by atoms with Crippen molar-refractivity contribution in [3.05, 3.63) is 59.4 Å². The Morgan fingerprint density at radius 2 is 1.97 bits per heavy atom. The topological polar surface area (TPSA) is 56.2 Å². The molecule has 3 aromatic rings. The fourth-order valence-electron chi connectivity index (χ4n) is 3.53. The zero-order valence-corrected chi connectivity index (χ0v) is 17.9. The van der Waals surface area contributed by atoms with Gasteiger partial charge in [0.25, 0.3) is 5.91 Å². The summed E-state index contributed by atoms with van der Waals surface area (Å²) < 4.78 is 7.98. The highest BCUT2D eigenvalue weighted by Crippen LogP contribution is 2.22. The molecule has 1 amide bonds. The van der Waals surface area contributed by atoms with Crippen molar-refractivity contribution >= 4 is 16.9 Å². The lowest BCUT2D eigenvalue weighted by molar-refractivity contribution is -0.123. The van der Waals surface area contributed by atoms with Gasteiger partial charge in [0, 0.05) is 6.54 Å². The molecule has 0 saturated carbocycles. The molecule has 2 aromatic carbocycles. The maximum absolute atomic E-state index is 12.5. The van der Waals surface area contributed by atoms with Gasteiger partial charge in [-0.3, -0.25) is 4.79 Å². The zero-order valence-electron chi connectivity index (χ0n) is 17.9. The Hall–Kier alpha value is -2.82. The number of carbonyl (C=O) groups is 1. The molecule has 0 radical (unpaired) electrons. The molecule has 29 heavy (non-hydrogen) atoms. The number of carbonyl (C=O) groups excluding carboxylic acids is 1. The van der Waals surface area contributed by atoms with E-state index in [1.54, 1.807) is 0 Å². The van der Waals surface area contributed by atoms with Crippen LogP contribution in [0.5, 0.6) is 5.75 Å². The zero-order chi connectivity index (χ0) is 20.8. The van der Waals surface area contributed by atoms with Gasteiger partial charge in [-0.05, 0) is 56.5 Å².